The van der Waals surface area contributed by atoms with Crippen LogP contribution in [0.4, 0.5) is 0 Å². The van der Waals surface area contributed by atoms with E-state index in [0.29, 0.717) is 15.9 Å². The number of halogens is 1. The second-order valence-corrected chi connectivity index (χ2v) is 8.37. The summed E-state index contributed by atoms with van der Waals surface area (Å²) in [6.07, 6.45) is 6.97. The number of aromatic nitrogens is 2. The number of nitrogens with one attached hydrogen (secondary N) is 1. The molecule has 3 aromatic rings. The van der Waals surface area contributed by atoms with E-state index < -0.39 is 0 Å². The van der Waals surface area contributed by atoms with Crippen LogP contribution >= 0.6 is 22.9 Å². The number of hydrogen-bond donors (Lipinski definition) is 1. The molecule has 2 aromatic heterocycles. The minimum atomic E-state index is 0.102. The van der Waals surface area contributed by atoms with Gasteiger partial charge in [0.25, 0.3) is 5.91 Å². The van der Waals surface area contributed by atoms with Crippen molar-refractivity contribution in [1.29, 1.82) is 0 Å². The third-order valence-corrected chi connectivity index (χ3v) is 6.94. The van der Waals surface area contributed by atoms with Crippen LogP contribution in [0.3, 0.4) is 0 Å². The third-order valence-electron chi connectivity index (χ3n) is 5.28. The van der Waals surface area contributed by atoms with Crippen LogP contribution in [0.25, 0.3) is 10.1 Å². The van der Waals surface area contributed by atoms with E-state index in [2.05, 4.69) is 15.1 Å². The highest BCUT2D eigenvalue weighted by molar-refractivity contribution is 7.21. The van der Waals surface area contributed by atoms with Crippen LogP contribution < -0.4 is 0 Å². The molecular weight excluding hydrogens is 354 g/mol. The summed E-state index contributed by atoms with van der Waals surface area (Å²) in [6, 6.07) is 8.59. The molecule has 2 heterocycles. The van der Waals surface area contributed by atoms with Crippen molar-refractivity contribution >= 4 is 38.9 Å². The molecule has 1 saturated carbocycles. The molecule has 1 fully saturated rings. The molecule has 2 aliphatic rings. The monoisotopic (exact) mass is 371 g/mol. The second-order valence-electron chi connectivity index (χ2n) is 6.94. The molecule has 0 spiro atoms. The van der Waals surface area contributed by atoms with Crippen molar-refractivity contribution in [3.8, 4) is 0 Å². The Bertz CT molecular complexity index is 959. The van der Waals surface area contributed by atoms with E-state index >= 15 is 0 Å². The van der Waals surface area contributed by atoms with E-state index in [4.69, 9.17) is 11.6 Å². The Morgan fingerprint density at radius 1 is 1.24 bits per heavy atom. The molecule has 1 aromatic carbocycles. The van der Waals surface area contributed by atoms with Crippen LogP contribution in [-0.2, 0) is 12.8 Å². The highest BCUT2D eigenvalue weighted by atomic mass is 35.5. The number of aryl methyl sites for hydroxylation is 1. The van der Waals surface area contributed by atoms with E-state index in [1.807, 2.05) is 30.5 Å². The lowest BCUT2D eigenvalue weighted by Gasteiger charge is -2.34. The molecule has 5 rings (SSSR count). The van der Waals surface area contributed by atoms with Crippen molar-refractivity contribution in [2.45, 2.75) is 44.2 Å². The minimum absolute atomic E-state index is 0.102. The first-order valence-electron chi connectivity index (χ1n) is 8.73. The predicted octanol–water partition coefficient (Wildman–Crippen LogP) is 4.44. The van der Waals surface area contributed by atoms with Gasteiger partial charge in [-0.3, -0.25) is 9.89 Å². The highest BCUT2D eigenvalue weighted by Gasteiger charge is 2.40. The van der Waals surface area contributed by atoms with Gasteiger partial charge in [0.15, 0.2) is 0 Å². The Kier molecular flexibility index (Phi) is 3.61. The number of amides is 1. The molecular formula is C19H18ClN3OS. The van der Waals surface area contributed by atoms with Gasteiger partial charge in [-0.15, -0.1) is 11.3 Å². The molecule has 1 amide bonds. The van der Waals surface area contributed by atoms with Gasteiger partial charge in [0.05, 0.1) is 10.7 Å². The normalized spacial score (nSPS) is 19.8. The minimum Gasteiger partial charge on any atom is -0.332 e. The van der Waals surface area contributed by atoms with Crippen molar-refractivity contribution in [2.75, 3.05) is 0 Å². The Hall–Kier alpha value is -1.85. The molecule has 0 aliphatic heterocycles. The van der Waals surface area contributed by atoms with Crippen LogP contribution in [0.1, 0.15) is 40.2 Å². The second kappa shape index (κ2) is 5.85. The van der Waals surface area contributed by atoms with Gasteiger partial charge in [-0.1, -0.05) is 29.8 Å². The van der Waals surface area contributed by atoms with Gasteiger partial charge in [-0.25, -0.2) is 0 Å². The van der Waals surface area contributed by atoms with Crippen molar-refractivity contribution in [1.82, 2.24) is 15.1 Å². The van der Waals surface area contributed by atoms with Crippen molar-refractivity contribution in [3.05, 3.63) is 51.6 Å². The van der Waals surface area contributed by atoms with E-state index in [1.54, 1.807) is 0 Å². The first kappa shape index (κ1) is 15.4. The van der Waals surface area contributed by atoms with Gasteiger partial charge in [0.2, 0.25) is 0 Å². The lowest BCUT2D eigenvalue weighted by molar-refractivity contribution is 0.0648. The number of benzene rings is 1. The number of H-pyrrole nitrogens is 1. The SMILES string of the molecule is O=C(c1sc2ccccc2c1Cl)N(C1CC1)C1CCc2n[nH]cc2C1. The van der Waals surface area contributed by atoms with E-state index in [1.165, 1.54) is 16.9 Å². The summed E-state index contributed by atoms with van der Waals surface area (Å²) in [6.45, 7) is 0. The van der Waals surface area contributed by atoms with Crippen molar-refractivity contribution in [3.63, 3.8) is 0 Å². The van der Waals surface area contributed by atoms with Gasteiger partial charge in [0, 0.05) is 28.4 Å². The van der Waals surface area contributed by atoms with Gasteiger partial charge in [-0.2, -0.15) is 5.10 Å². The molecule has 6 heteroatoms. The van der Waals surface area contributed by atoms with Crippen molar-refractivity contribution < 1.29 is 4.79 Å². The Morgan fingerprint density at radius 3 is 2.88 bits per heavy atom. The largest absolute Gasteiger partial charge is 0.332 e. The summed E-state index contributed by atoms with van der Waals surface area (Å²) in [4.78, 5) is 16.2. The molecule has 0 saturated heterocycles. The van der Waals surface area contributed by atoms with Crippen molar-refractivity contribution in [2.24, 2.45) is 0 Å². The fraction of sp³-hybridized carbons (Fsp3) is 0.368. The number of rotatable bonds is 3. The number of hydrogen-bond acceptors (Lipinski definition) is 3. The zero-order valence-corrected chi connectivity index (χ0v) is 15.2. The van der Waals surface area contributed by atoms with Gasteiger partial charge >= 0.3 is 0 Å². The molecule has 25 heavy (non-hydrogen) atoms. The van der Waals surface area contributed by atoms with Gasteiger partial charge < -0.3 is 4.90 Å². The molecule has 4 nitrogen and oxygen atoms in total. The maximum Gasteiger partial charge on any atom is 0.266 e. The maximum atomic E-state index is 13.4. The molecule has 128 valence electrons. The lowest BCUT2D eigenvalue weighted by Crippen LogP contribution is -2.44. The van der Waals surface area contributed by atoms with E-state index in [9.17, 15) is 4.79 Å². The fourth-order valence-electron chi connectivity index (χ4n) is 3.88. The Balaban J connectivity index is 1.50. The van der Waals surface area contributed by atoms with Crippen LogP contribution in [0.2, 0.25) is 5.02 Å². The summed E-state index contributed by atoms with van der Waals surface area (Å²) < 4.78 is 1.08. The number of fused-ring (bicyclic) bond motifs is 2. The highest BCUT2D eigenvalue weighted by Crippen LogP contribution is 2.40. The summed E-state index contributed by atoms with van der Waals surface area (Å²) in [5.74, 6) is 0.102. The summed E-state index contributed by atoms with van der Waals surface area (Å²) in [5, 5.41) is 8.86. The smallest absolute Gasteiger partial charge is 0.266 e. The van der Waals surface area contributed by atoms with Crippen LogP contribution in [0, 0.1) is 0 Å². The zero-order valence-electron chi connectivity index (χ0n) is 13.7. The lowest BCUT2D eigenvalue weighted by atomic mass is 9.92. The Morgan fingerprint density at radius 2 is 2.08 bits per heavy atom. The average Bonchev–Trinajstić information content (AvgIpc) is 3.24. The first-order chi connectivity index (χ1) is 12.2. The maximum absolute atomic E-state index is 13.4. The number of nitrogens with zero attached hydrogens (tertiary/aromatic N) is 2. The molecule has 1 atom stereocenters. The number of carbonyl (C=O) groups excluding carboxylic acids is 1. The third kappa shape index (κ3) is 2.57. The molecule has 0 radical (unpaired) electrons. The van der Waals surface area contributed by atoms with E-state index in [-0.39, 0.29) is 11.9 Å². The number of carbonyl (C=O) groups is 1. The summed E-state index contributed by atoms with van der Waals surface area (Å²) in [5.41, 5.74) is 2.40. The Labute approximate surface area is 154 Å². The van der Waals surface area contributed by atoms with Crippen LogP contribution in [0.5, 0.6) is 0 Å². The van der Waals surface area contributed by atoms with Crippen LogP contribution in [-0.4, -0.2) is 33.1 Å². The van der Waals surface area contributed by atoms with E-state index in [0.717, 1.165) is 47.9 Å². The molecule has 1 unspecified atom stereocenters. The molecule has 1 N–H and O–H groups in total. The number of aromatic amines is 1. The molecule has 2 aliphatic carbocycles. The standard InChI is InChI=1S/C19H18ClN3OS/c20-17-14-3-1-2-4-16(14)25-18(17)19(24)23(12-5-6-12)13-7-8-15-11(9-13)10-21-22-15/h1-4,10,12-13H,5-9H2,(H,21,22). The van der Waals surface area contributed by atoms with Gasteiger partial charge in [-0.05, 0) is 43.7 Å². The molecule has 0 bridgehead atoms. The van der Waals surface area contributed by atoms with Crippen LogP contribution in [0.15, 0.2) is 30.5 Å². The summed E-state index contributed by atoms with van der Waals surface area (Å²) in [7, 11) is 0. The number of thiophene rings is 1. The fourth-order valence-corrected chi connectivity index (χ4v) is 5.34. The first-order valence-corrected chi connectivity index (χ1v) is 9.93. The predicted molar refractivity (Wildman–Crippen MR) is 100 cm³/mol. The quantitative estimate of drug-likeness (QED) is 0.739. The topological polar surface area (TPSA) is 49.0 Å². The zero-order chi connectivity index (χ0) is 17.0. The van der Waals surface area contributed by atoms with Gasteiger partial charge in [0.1, 0.15) is 4.88 Å². The summed E-state index contributed by atoms with van der Waals surface area (Å²) >= 11 is 8.09. The average molecular weight is 372 g/mol.